The van der Waals surface area contributed by atoms with Gasteiger partial charge in [-0.1, -0.05) is 37.1 Å². The number of Topliss-reactive ketones (excluding diaryl/α,β-unsaturated/α-hetero) is 1. The molecule has 10 nitrogen and oxygen atoms in total. The maximum Gasteiger partial charge on any atom is 0.404 e. The Morgan fingerprint density at radius 1 is 1.16 bits per heavy atom. The number of sulfonamides is 1. The lowest BCUT2D eigenvalue weighted by Crippen LogP contribution is -2.52. The van der Waals surface area contributed by atoms with Gasteiger partial charge in [0, 0.05) is 29.4 Å². The van der Waals surface area contributed by atoms with Crippen LogP contribution in [-0.2, 0) is 32.4 Å². The molecule has 238 valence electrons. The molecule has 0 amide bonds. The highest BCUT2D eigenvalue weighted by Gasteiger charge is 2.51. The molecule has 0 radical (unpaired) electrons. The van der Waals surface area contributed by atoms with Crippen LogP contribution in [0.5, 0.6) is 0 Å². The SMILES string of the molecule is Cc1cc(C)n2nc(CC3=C(O)C(=O)C(CCc4ccc([C@@H](C)NS(=O)(=O)CC(F)(F)F)cc4)(C4CCCC4)OC3)nc2n1. The molecule has 1 fully saturated rings. The third-order valence-electron chi connectivity index (χ3n) is 8.46. The van der Waals surface area contributed by atoms with Gasteiger partial charge in [0.2, 0.25) is 15.8 Å². The van der Waals surface area contributed by atoms with Crippen LogP contribution >= 0.6 is 0 Å². The highest BCUT2D eigenvalue weighted by Crippen LogP contribution is 2.44. The summed E-state index contributed by atoms with van der Waals surface area (Å²) in [5.74, 6) is -1.88. The van der Waals surface area contributed by atoms with E-state index >= 15 is 0 Å². The Hall–Kier alpha value is -3.36. The first-order valence-corrected chi connectivity index (χ1v) is 16.3. The van der Waals surface area contributed by atoms with E-state index in [9.17, 15) is 31.5 Å². The van der Waals surface area contributed by atoms with Crippen molar-refractivity contribution in [2.45, 2.75) is 83.5 Å². The van der Waals surface area contributed by atoms with Crippen molar-refractivity contribution in [1.82, 2.24) is 24.3 Å². The molecule has 1 aliphatic carbocycles. The van der Waals surface area contributed by atoms with Gasteiger partial charge >= 0.3 is 6.18 Å². The third kappa shape index (κ3) is 6.97. The Bertz CT molecular complexity index is 1680. The predicted molar refractivity (Wildman–Crippen MR) is 155 cm³/mol. The highest BCUT2D eigenvalue weighted by atomic mass is 32.2. The number of aliphatic hydroxyl groups excluding tert-OH is 1. The summed E-state index contributed by atoms with van der Waals surface area (Å²) in [4.78, 5) is 22.7. The fraction of sp³-hybridized carbons (Fsp3) is 0.533. The zero-order chi connectivity index (χ0) is 31.9. The van der Waals surface area contributed by atoms with Gasteiger partial charge in [0.25, 0.3) is 5.78 Å². The van der Waals surface area contributed by atoms with Crippen molar-refractivity contribution in [1.29, 1.82) is 0 Å². The molecule has 2 atom stereocenters. The summed E-state index contributed by atoms with van der Waals surface area (Å²) in [7, 11) is -4.55. The van der Waals surface area contributed by atoms with E-state index < -0.39 is 39.4 Å². The van der Waals surface area contributed by atoms with Crippen LogP contribution in [0.1, 0.15) is 73.4 Å². The number of rotatable bonds is 10. The van der Waals surface area contributed by atoms with Crippen LogP contribution in [0.3, 0.4) is 0 Å². The molecule has 14 heteroatoms. The van der Waals surface area contributed by atoms with Gasteiger partial charge in [0.05, 0.1) is 6.61 Å². The van der Waals surface area contributed by atoms with E-state index in [4.69, 9.17) is 4.74 Å². The average Bonchev–Trinajstić information content (AvgIpc) is 3.61. The number of alkyl halides is 3. The van der Waals surface area contributed by atoms with Crippen molar-refractivity contribution in [3.8, 4) is 0 Å². The maximum absolute atomic E-state index is 13.9. The van der Waals surface area contributed by atoms with Crippen LogP contribution in [0.4, 0.5) is 13.2 Å². The standard InChI is InChI=1S/C30H36F3N5O5S/c1-18-14-19(2)38-28(34-18)35-25(36-38)15-23-16-43-29(27(40)26(23)39,24-6-4-5-7-24)13-12-21-8-10-22(11-9-21)20(3)37-44(41,42)17-30(31,32)33/h8-11,14,20,24,37,39H,4-7,12-13,15-17H2,1-3H3/t20-,29?/m1/s1. The average molecular weight is 636 g/mol. The van der Waals surface area contributed by atoms with Gasteiger partial charge in [0.15, 0.2) is 17.3 Å². The number of ether oxygens (including phenoxy) is 1. The minimum absolute atomic E-state index is 0.0517. The maximum atomic E-state index is 13.9. The van der Waals surface area contributed by atoms with Gasteiger partial charge in [-0.05, 0) is 69.6 Å². The van der Waals surface area contributed by atoms with Gasteiger partial charge in [0.1, 0.15) is 5.60 Å². The number of halogens is 3. The minimum Gasteiger partial charge on any atom is -0.504 e. The zero-order valence-electron chi connectivity index (χ0n) is 24.8. The Balaban J connectivity index is 1.30. The quantitative estimate of drug-likeness (QED) is 0.325. The van der Waals surface area contributed by atoms with Crippen molar-refractivity contribution in [2.75, 3.05) is 12.4 Å². The van der Waals surface area contributed by atoms with Crippen molar-refractivity contribution in [2.24, 2.45) is 5.92 Å². The summed E-state index contributed by atoms with van der Waals surface area (Å²) in [5.41, 5.74) is 2.25. The normalized spacial score (nSPS) is 21.0. The number of aryl methyl sites for hydroxylation is 3. The summed E-state index contributed by atoms with van der Waals surface area (Å²) >= 11 is 0. The Kier molecular flexibility index (Phi) is 8.89. The summed E-state index contributed by atoms with van der Waals surface area (Å²) in [5, 5.41) is 15.7. The van der Waals surface area contributed by atoms with E-state index in [1.54, 1.807) is 28.8 Å². The van der Waals surface area contributed by atoms with E-state index in [-0.39, 0.29) is 24.7 Å². The molecule has 5 rings (SSSR count). The monoisotopic (exact) mass is 635 g/mol. The van der Waals surface area contributed by atoms with Crippen LogP contribution in [0.2, 0.25) is 0 Å². The van der Waals surface area contributed by atoms with Crippen LogP contribution < -0.4 is 4.72 Å². The number of carbonyl (C=O) groups is 1. The van der Waals surface area contributed by atoms with E-state index in [0.29, 0.717) is 35.6 Å². The van der Waals surface area contributed by atoms with E-state index in [0.717, 1.165) is 42.6 Å². The van der Waals surface area contributed by atoms with Crippen LogP contribution in [0, 0.1) is 19.8 Å². The van der Waals surface area contributed by atoms with Gasteiger partial charge in [-0.15, -0.1) is 5.10 Å². The first kappa shape index (κ1) is 32.0. The second-order valence-electron chi connectivity index (χ2n) is 11.9. The predicted octanol–water partition coefficient (Wildman–Crippen LogP) is 4.80. The summed E-state index contributed by atoms with van der Waals surface area (Å²) in [6.07, 6.45) is -0.376. The van der Waals surface area contributed by atoms with Gasteiger partial charge < -0.3 is 9.84 Å². The lowest BCUT2D eigenvalue weighted by atomic mass is 9.75. The lowest BCUT2D eigenvalue weighted by Gasteiger charge is -2.41. The zero-order valence-corrected chi connectivity index (χ0v) is 25.6. The molecule has 2 aromatic heterocycles. The smallest absolute Gasteiger partial charge is 0.404 e. The summed E-state index contributed by atoms with van der Waals surface area (Å²) < 4.78 is 71.6. The number of aliphatic hydroxyl groups is 1. The Labute approximate surface area is 253 Å². The molecular weight excluding hydrogens is 599 g/mol. The van der Waals surface area contributed by atoms with Gasteiger partial charge in [-0.2, -0.15) is 18.2 Å². The van der Waals surface area contributed by atoms with Crippen LogP contribution in [0.25, 0.3) is 5.78 Å². The van der Waals surface area contributed by atoms with Gasteiger partial charge in [-0.3, -0.25) is 4.79 Å². The van der Waals surface area contributed by atoms with E-state index in [1.807, 2.05) is 19.9 Å². The Morgan fingerprint density at radius 2 is 1.84 bits per heavy atom. The van der Waals surface area contributed by atoms with Crippen molar-refractivity contribution in [3.63, 3.8) is 0 Å². The number of hydrogen-bond donors (Lipinski definition) is 2. The van der Waals surface area contributed by atoms with Crippen LogP contribution in [-0.4, -0.2) is 63.0 Å². The number of fused-ring (bicyclic) bond motifs is 1. The number of aromatic nitrogens is 4. The first-order valence-electron chi connectivity index (χ1n) is 14.6. The highest BCUT2D eigenvalue weighted by molar-refractivity contribution is 7.89. The van der Waals surface area contributed by atoms with E-state index in [2.05, 4.69) is 19.8 Å². The molecule has 3 aromatic rings. The fourth-order valence-electron chi connectivity index (χ4n) is 6.30. The second-order valence-corrected chi connectivity index (χ2v) is 13.6. The molecule has 0 bridgehead atoms. The molecule has 0 spiro atoms. The number of carbonyl (C=O) groups excluding carboxylic acids is 1. The second kappa shape index (κ2) is 12.2. The molecular formula is C30H36F3N5O5S. The topological polar surface area (TPSA) is 136 Å². The van der Waals surface area contributed by atoms with Crippen LogP contribution in [0.15, 0.2) is 41.7 Å². The molecule has 1 saturated carbocycles. The molecule has 0 saturated heterocycles. The van der Waals surface area contributed by atoms with E-state index in [1.165, 1.54) is 6.92 Å². The first-order chi connectivity index (χ1) is 20.7. The van der Waals surface area contributed by atoms with Crippen molar-refractivity contribution < 1.29 is 36.2 Å². The fourth-order valence-corrected chi connectivity index (χ4v) is 7.49. The third-order valence-corrected chi connectivity index (χ3v) is 9.88. The number of hydrogen-bond acceptors (Lipinski definition) is 8. The lowest BCUT2D eigenvalue weighted by molar-refractivity contribution is -0.156. The largest absolute Gasteiger partial charge is 0.504 e. The molecule has 2 aliphatic rings. The number of benzene rings is 1. The number of nitrogens with zero attached hydrogens (tertiary/aromatic N) is 4. The summed E-state index contributed by atoms with van der Waals surface area (Å²) in [6, 6.07) is 7.84. The number of ketones is 1. The molecule has 1 aromatic carbocycles. The molecule has 2 N–H and O–H groups in total. The molecule has 3 heterocycles. The minimum atomic E-state index is -4.84. The number of nitrogens with one attached hydrogen (secondary N) is 1. The van der Waals surface area contributed by atoms with Crippen molar-refractivity contribution in [3.05, 3.63) is 70.0 Å². The Morgan fingerprint density at radius 3 is 2.50 bits per heavy atom. The van der Waals surface area contributed by atoms with Crippen molar-refractivity contribution >= 4 is 21.6 Å². The molecule has 1 unspecified atom stereocenters. The van der Waals surface area contributed by atoms with Gasteiger partial charge in [-0.25, -0.2) is 22.6 Å². The molecule has 44 heavy (non-hydrogen) atoms. The molecule has 1 aliphatic heterocycles. The summed E-state index contributed by atoms with van der Waals surface area (Å²) in [6.45, 7) is 5.30.